The van der Waals surface area contributed by atoms with E-state index in [9.17, 15) is 9.59 Å². The van der Waals surface area contributed by atoms with Crippen LogP contribution in [0.2, 0.25) is 0 Å². The normalized spacial score (nSPS) is 17.2. The lowest BCUT2D eigenvalue weighted by atomic mass is 9.93. The highest BCUT2D eigenvalue weighted by atomic mass is 16.3. The van der Waals surface area contributed by atoms with Crippen molar-refractivity contribution in [2.75, 3.05) is 19.7 Å². The molecule has 3 N–H and O–H groups in total. The van der Waals surface area contributed by atoms with E-state index < -0.39 is 6.03 Å². The number of carbonyl (C=O) groups excluding carboxylic acids is 2. The average Bonchev–Trinajstić information content (AvgIpc) is 2.61. The van der Waals surface area contributed by atoms with Gasteiger partial charge < -0.3 is 10.4 Å². The summed E-state index contributed by atoms with van der Waals surface area (Å²) in [5.74, 6) is 0.261. The Morgan fingerprint density at radius 2 is 1.92 bits per heavy atom. The van der Waals surface area contributed by atoms with Crippen LogP contribution in [-0.2, 0) is 11.3 Å². The fourth-order valence-electron chi connectivity index (χ4n) is 3.02. The van der Waals surface area contributed by atoms with Gasteiger partial charge in [0.2, 0.25) is 5.91 Å². The van der Waals surface area contributed by atoms with Gasteiger partial charge in [0.05, 0.1) is 6.04 Å². The van der Waals surface area contributed by atoms with E-state index in [1.807, 2.05) is 37.3 Å². The number of benzene rings is 1. The van der Waals surface area contributed by atoms with Crippen LogP contribution in [0.1, 0.15) is 31.7 Å². The van der Waals surface area contributed by atoms with Crippen LogP contribution in [0.25, 0.3) is 0 Å². The Balaban J connectivity index is 1.72. The van der Waals surface area contributed by atoms with Crippen molar-refractivity contribution in [3.05, 3.63) is 35.9 Å². The Kier molecular flexibility index (Phi) is 7.21. The molecule has 1 atom stereocenters. The average molecular weight is 333 g/mol. The van der Waals surface area contributed by atoms with Gasteiger partial charge in [-0.15, -0.1) is 0 Å². The van der Waals surface area contributed by atoms with E-state index in [1.54, 1.807) is 0 Å². The maximum absolute atomic E-state index is 12.2. The predicted molar refractivity (Wildman–Crippen MR) is 92.3 cm³/mol. The van der Waals surface area contributed by atoms with Crippen LogP contribution < -0.4 is 10.6 Å². The molecule has 1 aromatic carbocycles. The monoisotopic (exact) mass is 333 g/mol. The number of hydrogen-bond acceptors (Lipinski definition) is 4. The molecule has 2 rings (SSSR count). The summed E-state index contributed by atoms with van der Waals surface area (Å²) in [5, 5.41) is 14.1. The smallest absolute Gasteiger partial charge is 0.321 e. The molecule has 0 spiro atoms. The van der Waals surface area contributed by atoms with E-state index in [0.29, 0.717) is 12.5 Å². The van der Waals surface area contributed by atoms with E-state index in [2.05, 4.69) is 15.5 Å². The van der Waals surface area contributed by atoms with Gasteiger partial charge in [0, 0.05) is 13.2 Å². The summed E-state index contributed by atoms with van der Waals surface area (Å²) in [7, 11) is 0. The number of urea groups is 1. The zero-order valence-electron chi connectivity index (χ0n) is 14.2. The molecule has 1 saturated heterocycles. The second kappa shape index (κ2) is 9.39. The molecule has 6 heteroatoms. The first-order valence-electron chi connectivity index (χ1n) is 8.57. The largest absolute Gasteiger partial charge is 0.396 e. The van der Waals surface area contributed by atoms with Crippen molar-refractivity contribution in [3.8, 4) is 0 Å². The quantitative estimate of drug-likeness (QED) is 0.737. The van der Waals surface area contributed by atoms with Gasteiger partial charge in [0.1, 0.15) is 0 Å². The lowest BCUT2D eigenvalue weighted by molar-refractivity contribution is -0.125. The van der Waals surface area contributed by atoms with Crippen molar-refractivity contribution in [2.45, 2.75) is 38.8 Å². The molecule has 6 nitrogen and oxygen atoms in total. The zero-order chi connectivity index (χ0) is 17.4. The first kappa shape index (κ1) is 18.4. The van der Waals surface area contributed by atoms with E-state index in [-0.39, 0.29) is 18.6 Å². The molecule has 0 aromatic heterocycles. The highest BCUT2D eigenvalue weighted by Gasteiger charge is 2.27. The minimum absolute atomic E-state index is 0.224. The van der Waals surface area contributed by atoms with Gasteiger partial charge in [-0.1, -0.05) is 30.3 Å². The molecule has 1 heterocycles. The first-order chi connectivity index (χ1) is 11.6. The molecule has 0 aliphatic carbocycles. The van der Waals surface area contributed by atoms with E-state index in [1.165, 1.54) is 0 Å². The summed E-state index contributed by atoms with van der Waals surface area (Å²) >= 11 is 0. The van der Waals surface area contributed by atoms with E-state index in [0.717, 1.165) is 37.9 Å². The summed E-state index contributed by atoms with van der Waals surface area (Å²) in [4.78, 5) is 26.2. The molecule has 1 fully saturated rings. The third-order valence-electron chi connectivity index (χ3n) is 4.65. The molecular formula is C18H27N3O3. The Bertz CT molecular complexity index is 528. The van der Waals surface area contributed by atoms with Gasteiger partial charge in [0.25, 0.3) is 0 Å². The molecule has 0 bridgehead atoms. The number of likely N-dealkylation sites (tertiary alicyclic amines) is 1. The maximum atomic E-state index is 12.2. The number of carbonyl (C=O) groups is 2. The van der Waals surface area contributed by atoms with Crippen molar-refractivity contribution >= 4 is 11.9 Å². The van der Waals surface area contributed by atoms with Crippen molar-refractivity contribution in [1.82, 2.24) is 15.5 Å². The fraction of sp³-hybridized carbons (Fsp3) is 0.556. The number of imide groups is 1. The SMILES string of the molecule is C[C@H](C(=O)NC(=O)NCc1ccccc1)N1CCC(CCO)CC1. The molecule has 24 heavy (non-hydrogen) atoms. The Morgan fingerprint density at radius 3 is 2.54 bits per heavy atom. The van der Waals surface area contributed by atoms with Crippen molar-refractivity contribution in [3.63, 3.8) is 0 Å². The van der Waals surface area contributed by atoms with Crippen LogP contribution in [0.15, 0.2) is 30.3 Å². The minimum Gasteiger partial charge on any atom is -0.396 e. The zero-order valence-corrected chi connectivity index (χ0v) is 14.2. The Labute approximate surface area is 143 Å². The lowest BCUT2D eigenvalue weighted by Gasteiger charge is -2.35. The highest BCUT2D eigenvalue weighted by molar-refractivity contribution is 5.96. The Morgan fingerprint density at radius 1 is 1.25 bits per heavy atom. The van der Waals surface area contributed by atoms with Gasteiger partial charge in [0.15, 0.2) is 0 Å². The molecule has 3 amide bonds. The van der Waals surface area contributed by atoms with E-state index in [4.69, 9.17) is 5.11 Å². The molecular weight excluding hydrogens is 306 g/mol. The number of rotatable bonds is 6. The van der Waals surface area contributed by atoms with Crippen LogP contribution in [0.5, 0.6) is 0 Å². The molecule has 132 valence electrons. The van der Waals surface area contributed by atoms with Crippen molar-refractivity contribution in [1.29, 1.82) is 0 Å². The number of hydrogen-bond donors (Lipinski definition) is 3. The molecule has 1 aliphatic rings. The van der Waals surface area contributed by atoms with Crippen LogP contribution in [0.3, 0.4) is 0 Å². The topological polar surface area (TPSA) is 81.7 Å². The molecule has 0 unspecified atom stereocenters. The standard InChI is InChI=1S/C18H27N3O3/c1-14(21-10-7-15(8-11-21)9-12-22)17(23)20-18(24)19-13-16-5-3-2-4-6-16/h2-6,14-15,22H,7-13H2,1H3,(H2,19,20,23,24)/t14-/m1/s1. The molecule has 0 radical (unpaired) electrons. The summed E-state index contributed by atoms with van der Waals surface area (Å²) in [6.45, 7) is 4.09. The van der Waals surface area contributed by atoms with Crippen molar-refractivity contribution in [2.24, 2.45) is 5.92 Å². The van der Waals surface area contributed by atoms with Gasteiger partial charge in [-0.05, 0) is 50.8 Å². The van der Waals surface area contributed by atoms with Gasteiger partial charge in [-0.25, -0.2) is 4.79 Å². The summed E-state index contributed by atoms with van der Waals surface area (Å²) < 4.78 is 0. The summed E-state index contributed by atoms with van der Waals surface area (Å²) in [6, 6.07) is 8.76. The number of aliphatic hydroxyl groups is 1. The highest BCUT2D eigenvalue weighted by Crippen LogP contribution is 2.21. The molecule has 0 saturated carbocycles. The van der Waals surface area contributed by atoms with Gasteiger partial charge in [-0.2, -0.15) is 0 Å². The van der Waals surface area contributed by atoms with Crippen molar-refractivity contribution < 1.29 is 14.7 Å². The van der Waals surface area contributed by atoms with Gasteiger partial charge in [-0.3, -0.25) is 15.0 Å². The van der Waals surface area contributed by atoms with Crippen LogP contribution >= 0.6 is 0 Å². The maximum Gasteiger partial charge on any atom is 0.321 e. The lowest BCUT2D eigenvalue weighted by Crippen LogP contribution is -2.51. The second-order valence-corrected chi connectivity index (χ2v) is 6.33. The number of amides is 3. The fourth-order valence-corrected chi connectivity index (χ4v) is 3.02. The number of nitrogens with zero attached hydrogens (tertiary/aromatic N) is 1. The van der Waals surface area contributed by atoms with E-state index >= 15 is 0 Å². The second-order valence-electron chi connectivity index (χ2n) is 6.33. The predicted octanol–water partition coefficient (Wildman–Crippen LogP) is 1.50. The van der Waals surface area contributed by atoms with Crippen LogP contribution in [-0.4, -0.2) is 47.7 Å². The summed E-state index contributed by atoms with van der Waals surface area (Å²) in [5.41, 5.74) is 0.985. The summed E-state index contributed by atoms with van der Waals surface area (Å²) in [6.07, 6.45) is 2.80. The van der Waals surface area contributed by atoms with Crippen LogP contribution in [0.4, 0.5) is 4.79 Å². The van der Waals surface area contributed by atoms with Gasteiger partial charge >= 0.3 is 6.03 Å². The minimum atomic E-state index is -0.467. The molecule has 1 aromatic rings. The van der Waals surface area contributed by atoms with Crippen LogP contribution in [0, 0.1) is 5.92 Å². The number of nitrogens with one attached hydrogen (secondary N) is 2. The molecule has 1 aliphatic heterocycles. The third kappa shape index (κ3) is 5.62. The number of piperidine rings is 1. The first-order valence-corrected chi connectivity index (χ1v) is 8.57. The Hall–Kier alpha value is -1.92. The number of aliphatic hydroxyl groups excluding tert-OH is 1. The third-order valence-corrected chi connectivity index (χ3v) is 4.65.